The second-order valence-electron chi connectivity index (χ2n) is 5.48. The van der Waals surface area contributed by atoms with Crippen LogP contribution < -0.4 is 5.32 Å². The number of hydrogen-bond donors (Lipinski definition) is 3. The molecule has 2 aromatic rings. The number of carbonyl (C=O) groups excluding carboxylic acids is 1. The Labute approximate surface area is 168 Å². The number of fused-ring (bicyclic) bond motifs is 1. The minimum absolute atomic E-state index is 0. The van der Waals surface area contributed by atoms with Crippen molar-refractivity contribution in [2.24, 2.45) is 0 Å². The first kappa shape index (κ1) is 20.0. The Morgan fingerprint density at radius 1 is 1.30 bits per heavy atom. The Hall–Kier alpha value is -1.04. The van der Waals surface area contributed by atoms with Crippen molar-refractivity contribution in [3.8, 4) is 0 Å². The van der Waals surface area contributed by atoms with Crippen molar-refractivity contribution in [3.05, 3.63) is 36.0 Å². The summed E-state index contributed by atoms with van der Waals surface area (Å²) in [5.74, 6) is -1.20. The number of carboxylic acid groups (broad SMARTS) is 1. The standard InChI is InChI=1S/C17H22N2O3.Ca.2H/c1-2-3-4-9-16(20)19-15(17(21)22)10-12-11-18-14-8-6-5-7-13(12)14;;;/h5-8,11,15,18H,2-4,9-10H2,1H3,(H,19,20)(H,21,22);;;/q;+2;2*-1. The average Bonchev–Trinajstić information content (AvgIpc) is 2.90. The molecule has 0 radical (unpaired) electrons. The van der Waals surface area contributed by atoms with Crippen molar-refractivity contribution in [3.63, 3.8) is 0 Å². The number of carbonyl (C=O) groups is 2. The van der Waals surface area contributed by atoms with Crippen LogP contribution in [0.15, 0.2) is 30.5 Å². The number of H-pyrrole nitrogens is 1. The summed E-state index contributed by atoms with van der Waals surface area (Å²) in [6.45, 7) is 2.06. The maximum Gasteiger partial charge on any atom is 2.00 e. The zero-order chi connectivity index (χ0) is 15.9. The third-order valence-corrected chi connectivity index (χ3v) is 3.74. The molecule has 3 N–H and O–H groups in total. The van der Waals surface area contributed by atoms with Gasteiger partial charge in [0.15, 0.2) is 0 Å². The van der Waals surface area contributed by atoms with Crippen LogP contribution in [0.2, 0.25) is 0 Å². The van der Waals surface area contributed by atoms with Gasteiger partial charge in [0.2, 0.25) is 5.91 Å². The van der Waals surface area contributed by atoms with Gasteiger partial charge in [-0.15, -0.1) is 0 Å². The van der Waals surface area contributed by atoms with E-state index < -0.39 is 12.0 Å². The molecule has 1 aromatic heterocycles. The van der Waals surface area contributed by atoms with Crippen molar-refractivity contribution in [2.75, 3.05) is 0 Å². The molecular weight excluding hydrogens is 320 g/mol. The first-order valence-corrected chi connectivity index (χ1v) is 7.69. The molecular formula is C17H24CaN2O3. The third-order valence-electron chi connectivity index (χ3n) is 3.74. The molecule has 1 aromatic carbocycles. The molecule has 1 atom stereocenters. The number of carboxylic acids is 1. The topological polar surface area (TPSA) is 82.2 Å². The van der Waals surface area contributed by atoms with E-state index in [2.05, 4.69) is 17.2 Å². The van der Waals surface area contributed by atoms with Crippen LogP contribution in [0, 0.1) is 0 Å². The molecule has 0 saturated carbocycles. The first-order chi connectivity index (χ1) is 10.6. The van der Waals surface area contributed by atoms with Gasteiger partial charge in [-0.05, 0) is 18.1 Å². The number of amides is 1. The predicted molar refractivity (Wildman–Crippen MR) is 93.7 cm³/mol. The van der Waals surface area contributed by atoms with Gasteiger partial charge in [0.1, 0.15) is 6.04 Å². The Kier molecular flexibility index (Phi) is 8.66. The maximum atomic E-state index is 11.8. The van der Waals surface area contributed by atoms with Crippen LogP contribution in [0.5, 0.6) is 0 Å². The number of unbranched alkanes of at least 4 members (excludes halogenated alkanes) is 2. The number of hydrogen-bond acceptors (Lipinski definition) is 2. The molecule has 0 spiro atoms. The summed E-state index contributed by atoms with van der Waals surface area (Å²) in [5, 5.41) is 13.0. The van der Waals surface area contributed by atoms with Gasteiger partial charge in [-0.3, -0.25) is 4.79 Å². The van der Waals surface area contributed by atoms with Gasteiger partial charge in [-0.1, -0.05) is 38.0 Å². The fourth-order valence-electron chi connectivity index (χ4n) is 2.52. The van der Waals surface area contributed by atoms with Crippen LogP contribution in [-0.2, 0) is 16.0 Å². The average molecular weight is 344 g/mol. The van der Waals surface area contributed by atoms with Crippen molar-refractivity contribution >= 4 is 60.5 Å². The summed E-state index contributed by atoms with van der Waals surface area (Å²) in [7, 11) is 0. The van der Waals surface area contributed by atoms with E-state index in [4.69, 9.17) is 0 Å². The predicted octanol–water partition coefficient (Wildman–Crippen LogP) is 2.70. The fraction of sp³-hybridized carbons (Fsp3) is 0.412. The van der Waals surface area contributed by atoms with Gasteiger partial charge in [0.25, 0.3) is 0 Å². The van der Waals surface area contributed by atoms with E-state index in [-0.39, 0.29) is 52.9 Å². The minimum atomic E-state index is -1.01. The van der Waals surface area contributed by atoms with E-state index in [1.807, 2.05) is 30.5 Å². The van der Waals surface area contributed by atoms with Crippen LogP contribution in [0.3, 0.4) is 0 Å². The number of benzene rings is 1. The second kappa shape index (κ2) is 9.96. The first-order valence-electron chi connectivity index (χ1n) is 7.69. The van der Waals surface area contributed by atoms with Crippen molar-refractivity contribution in [1.82, 2.24) is 10.3 Å². The number of nitrogens with one attached hydrogen (secondary N) is 2. The summed E-state index contributed by atoms with van der Waals surface area (Å²) in [6.07, 6.45) is 5.27. The summed E-state index contributed by atoms with van der Waals surface area (Å²) in [4.78, 5) is 26.4. The molecule has 1 amide bonds. The van der Waals surface area contributed by atoms with Gasteiger partial charge in [-0.25, -0.2) is 4.79 Å². The fourth-order valence-corrected chi connectivity index (χ4v) is 2.52. The van der Waals surface area contributed by atoms with Crippen LogP contribution in [0.4, 0.5) is 0 Å². The molecule has 1 unspecified atom stereocenters. The van der Waals surface area contributed by atoms with Crippen LogP contribution >= 0.6 is 0 Å². The summed E-state index contributed by atoms with van der Waals surface area (Å²) in [5.41, 5.74) is 1.87. The molecule has 2 rings (SSSR count). The van der Waals surface area contributed by atoms with Gasteiger partial charge < -0.3 is 18.3 Å². The molecule has 23 heavy (non-hydrogen) atoms. The number of aliphatic carboxylic acids is 1. The van der Waals surface area contributed by atoms with Crippen LogP contribution in [-0.4, -0.2) is 65.7 Å². The van der Waals surface area contributed by atoms with Crippen molar-refractivity contribution < 1.29 is 17.5 Å². The maximum absolute atomic E-state index is 11.8. The molecule has 0 saturated heterocycles. The normalized spacial score (nSPS) is 11.7. The molecule has 122 valence electrons. The number of para-hydroxylation sites is 1. The molecule has 6 heteroatoms. The Morgan fingerprint density at radius 3 is 2.74 bits per heavy atom. The third kappa shape index (κ3) is 5.83. The number of rotatable bonds is 8. The monoisotopic (exact) mass is 344 g/mol. The molecule has 5 nitrogen and oxygen atoms in total. The summed E-state index contributed by atoms with van der Waals surface area (Å²) in [6, 6.07) is 6.83. The van der Waals surface area contributed by atoms with E-state index >= 15 is 0 Å². The SMILES string of the molecule is CCCCCC(=O)NC(Cc1c[nH]c2ccccc12)C(=O)O.[Ca+2].[H-].[H-]. The zero-order valence-electron chi connectivity index (χ0n) is 15.5. The molecule has 0 aliphatic carbocycles. The molecule has 0 bridgehead atoms. The molecule has 1 heterocycles. The number of aromatic nitrogens is 1. The van der Waals surface area contributed by atoms with Crippen LogP contribution in [0.1, 0.15) is 41.0 Å². The smallest absolute Gasteiger partial charge is 1.00 e. The number of aromatic amines is 1. The van der Waals surface area contributed by atoms with Crippen LogP contribution in [0.25, 0.3) is 10.9 Å². The largest absolute Gasteiger partial charge is 2.00 e. The van der Waals surface area contributed by atoms with E-state index in [1.165, 1.54) is 0 Å². The Balaban J connectivity index is 0. The Morgan fingerprint density at radius 2 is 2.04 bits per heavy atom. The van der Waals surface area contributed by atoms with Crippen molar-refractivity contribution in [1.29, 1.82) is 0 Å². The summed E-state index contributed by atoms with van der Waals surface area (Å²) < 4.78 is 0. The van der Waals surface area contributed by atoms with Crippen molar-refractivity contribution in [2.45, 2.75) is 45.1 Å². The quantitative estimate of drug-likeness (QED) is 0.509. The van der Waals surface area contributed by atoms with Gasteiger partial charge in [-0.2, -0.15) is 0 Å². The van der Waals surface area contributed by atoms with E-state index in [9.17, 15) is 14.7 Å². The molecule has 0 aliphatic heterocycles. The van der Waals surface area contributed by atoms with E-state index in [1.54, 1.807) is 0 Å². The van der Waals surface area contributed by atoms with E-state index in [0.29, 0.717) is 6.42 Å². The second-order valence-corrected chi connectivity index (χ2v) is 5.48. The van der Waals surface area contributed by atoms with Gasteiger partial charge in [0.05, 0.1) is 0 Å². The minimum Gasteiger partial charge on any atom is -1.00 e. The summed E-state index contributed by atoms with van der Waals surface area (Å²) >= 11 is 0. The molecule has 0 aliphatic rings. The molecule has 0 fully saturated rings. The Bertz CT molecular complexity index is 664. The van der Waals surface area contributed by atoms with Gasteiger partial charge >= 0.3 is 43.7 Å². The van der Waals surface area contributed by atoms with Gasteiger partial charge in [0, 0.05) is 29.9 Å². The zero-order valence-corrected chi connectivity index (χ0v) is 15.7. The van der Waals surface area contributed by atoms with E-state index in [0.717, 1.165) is 35.7 Å².